The van der Waals surface area contributed by atoms with E-state index in [1.807, 2.05) is 30.5 Å². The molecule has 4 aromatic rings. The zero-order chi connectivity index (χ0) is 21.9. The highest BCUT2D eigenvalue weighted by molar-refractivity contribution is 6.31. The number of anilines is 3. The summed E-state index contributed by atoms with van der Waals surface area (Å²) in [6.07, 6.45) is 1.81. The van der Waals surface area contributed by atoms with E-state index >= 15 is 0 Å². The lowest BCUT2D eigenvalue weighted by Crippen LogP contribution is -2.47. The SMILES string of the molecule is CC(c1ccc(Nc2ccnc3cc(Cl)ccc23)cc1)N1CCN(c2ccccc2)CC1. The van der Waals surface area contributed by atoms with Gasteiger partial charge in [-0.15, -0.1) is 0 Å². The van der Waals surface area contributed by atoms with E-state index < -0.39 is 0 Å². The van der Waals surface area contributed by atoms with Gasteiger partial charge in [0.25, 0.3) is 0 Å². The molecule has 1 N–H and O–H groups in total. The monoisotopic (exact) mass is 442 g/mol. The van der Waals surface area contributed by atoms with Crippen molar-refractivity contribution in [3.8, 4) is 0 Å². The van der Waals surface area contributed by atoms with Crippen LogP contribution in [0.5, 0.6) is 0 Å². The lowest BCUT2D eigenvalue weighted by Gasteiger charge is -2.39. The van der Waals surface area contributed by atoms with Crippen molar-refractivity contribution < 1.29 is 0 Å². The van der Waals surface area contributed by atoms with Crippen LogP contribution in [0.15, 0.2) is 85.1 Å². The number of para-hydroxylation sites is 1. The molecule has 2 heterocycles. The fourth-order valence-corrected chi connectivity index (χ4v) is 4.61. The van der Waals surface area contributed by atoms with Crippen molar-refractivity contribution in [1.82, 2.24) is 9.88 Å². The van der Waals surface area contributed by atoms with Gasteiger partial charge >= 0.3 is 0 Å². The fourth-order valence-electron chi connectivity index (χ4n) is 4.45. The second-order valence-corrected chi connectivity index (χ2v) is 8.74. The number of aromatic nitrogens is 1. The number of hydrogen-bond acceptors (Lipinski definition) is 4. The van der Waals surface area contributed by atoms with E-state index in [0.29, 0.717) is 11.1 Å². The summed E-state index contributed by atoms with van der Waals surface area (Å²) in [5.74, 6) is 0. The Kier molecular flexibility index (Phi) is 5.97. The molecule has 1 atom stereocenters. The molecular weight excluding hydrogens is 416 g/mol. The maximum atomic E-state index is 6.11. The van der Waals surface area contributed by atoms with Crippen molar-refractivity contribution in [1.29, 1.82) is 0 Å². The van der Waals surface area contributed by atoms with Crippen molar-refractivity contribution in [3.63, 3.8) is 0 Å². The van der Waals surface area contributed by atoms with Gasteiger partial charge in [0.1, 0.15) is 0 Å². The molecule has 0 bridgehead atoms. The second-order valence-electron chi connectivity index (χ2n) is 8.30. The van der Waals surface area contributed by atoms with Gasteiger partial charge in [0.05, 0.1) is 5.52 Å². The van der Waals surface area contributed by atoms with Crippen molar-refractivity contribution in [2.24, 2.45) is 0 Å². The highest BCUT2D eigenvalue weighted by atomic mass is 35.5. The first-order valence-electron chi connectivity index (χ1n) is 11.1. The van der Waals surface area contributed by atoms with Crippen LogP contribution in [0.2, 0.25) is 5.02 Å². The summed E-state index contributed by atoms with van der Waals surface area (Å²) in [6, 6.07) is 27.7. The summed E-state index contributed by atoms with van der Waals surface area (Å²) in [6.45, 7) is 6.57. The van der Waals surface area contributed by atoms with Crippen LogP contribution >= 0.6 is 11.6 Å². The van der Waals surface area contributed by atoms with E-state index in [1.54, 1.807) is 0 Å². The van der Waals surface area contributed by atoms with Gasteiger partial charge in [0.2, 0.25) is 0 Å². The normalized spacial score (nSPS) is 15.6. The highest BCUT2D eigenvalue weighted by Gasteiger charge is 2.22. The molecule has 32 heavy (non-hydrogen) atoms. The standard InChI is InChI=1S/C27H27ClN4/c1-20(31-15-17-32(18-16-31)24-5-3-2-4-6-24)21-7-10-23(11-8-21)30-26-13-14-29-27-19-22(28)9-12-25(26)27/h2-14,19-20H,15-18H2,1H3,(H,29,30). The molecule has 0 saturated carbocycles. The second kappa shape index (κ2) is 9.19. The Morgan fingerprint density at radius 3 is 2.38 bits per heavy atom. The molecule has 0 aliphatic carbocycles. The molecule has 3 aromatic carbocycles. The Balaban J connectivity index is 1.24. The predicted octanol–water partition coefficient (Wildman–Crippen LogP) is 6.52. The molecule has 5 rings (SSSR count). The van der Waals surface area contributed by atoms with Gasteiger partial charge < -0.3 is 10.2 Å². The summed E-state index contributed by atoms with van der Waals surface area (Å²) in [4.78, 5) is 9.47. The first-order chi connectivity index (χ1) is 15.7. The topological polar surface area (TPSA) is 31.4 Å². The number of rotatable bonds is 5. The minimum Gasteiger partial charge on any atom is -0.369 e. The molecule has 1 fully saturated rings. The van der Waals surface area contributed by atoms with Crippen molar-refractivity contribution in [2.75, 3.05) is 36.4 Å². The minimum atomic E-state index is 0.394. The zero-order valence-corrected chi connectivity index (χ0v) is 19.0. The van der Waals surface area contributed by atoms with Gasteiger partial charge in [-0.2, -0.15) is 0 Å². The van der Waals surface area contributed by atoms with Gasteiger partial charge in [-0.25, -0.2) is 0 Å². The number of benzene rings is 3. The van der Waals surface area contributed by atoms with E-state index in [9.17, 15) is 0 Å². The maximum absolute atomic E-state index is 6.11. The molecule has 5 heteroatoms. The van der Waals surface area contributed by atoms with Gasteiger partial charge in [-0.3, -0.25) is 9.88 Å². The van der Waals surface area contributed by atoms with Crippen molar-refractivity contribution >= 4 is 39.6 Å². The highest BCUT2D eigenvalue weighted by Crippen LogP contribution is 2.29. The summed E-state index contributed by atoms with van der Waals surface area (Å²) in [5, 5.41) is 5.29. The van der Waals surface area contributed by atoms with Crippen LogP contribution in [-0.2, 0) is 0 Å². The van der Waals surface area contributed by atoms with Crippen molar-refractivity contribution in [2.45, 2.75) is 13.0 Å². The zero-order valence-electron chi connectivity index (χ0n) is 18.2. The number of halogens is 1. The van der Waals surface area contributed by atoms with Gasteiger partial charge in [-0.1, -0.05) is 41.9 Å². The van der Waals surface area contributed by atoms with E-state index in [-0.39, 0.29) is 0 Å². The molecule has 1 aliphatic rings. The average Bonchev–Trinajstić information content (AvgIpc) is 2.85. The maximum Gasteiger partial charge on any atom is 0.0737 e. The number of fused-ring (bicyclic) bond motifs is 1. The third-order valence-corrected chi connectivity index (χ3v) is 6.60. The number of pyridine rings is 1. The third-order valence-electron chi connectivity index (χ3n) is 6.36. The summed E-state index contributed by atoms with van der Waals surface area (Å²) >= 11 is 6.11. The number of nitrogens with zero attached hydrogens (tertiary/aromatic N) is 3. The van der Waals surface area contributed by atoms with Gasteiger partial charge in [-0.05, 0) is 61.0 Å². The Morgan fingerprint density at radius 1 is 0.875 bits per heavy atom. The number of nitrogens with one attached hydrogen (secondary N) is 1. The van der Waals surface area contributed by atoms with Crippen LogP contribution in [0.4, 0.5) is 17.1 Å². The van der Waals surface area contributed by atoms with Gasteiger partial charge in [0.15, 0.2) is 0 Å². The first kappa shape index (κ1) is 20.8. The van der Waals surface area contributed by atoms with Crippen LogP contribution in [-0.4, -0.2) is 36.1 Å². The first-order valence-corrected chi connectivity index (χ1v) is 11.5. The molecule has 1 aliphatic heterocycles. The fraction of sp³-hybridized carbons (Fsp3) is 0.222. The summed E-state index contributed by atoms with van der Waals surface area (Å²) in [7, 11) is 0. The molecular formula is C27H27ClN4. The number of hydrogen-bond donors (Lipinski definition) is 1. The van der Waals surface area contributed by atoms with E-state index in [1.165, 1.54) is 11.3 Å². The Hall–Kier alpha value is -3.08. The molecule has 1 unspecified atom stereocenters. The lowest BCUT2D eigenvalue weighted by molar-refractivity contribution is 0.198. The molecule has 0 amide bonds. The molecule has 4 nitrogen and oxygen atoms in total. The Morgan fingerprint density at radius 2 is 1.62 bits per heavy atom. The quantitative estimate of drug-likeness (QED) is 0.381. The largest absolute Gasteiger partial charge is 0.369 e. The number of piperazine rings is 1. The van der Waals surface area contributed by atoms with E-state index in [0.717, 1.165) is 48.5 Å². The molecule has 0 radical (unpaired) electrons. The van der Waals surface area contributed by atoms with Crippen LogP contribution in [0, 0.1) is 0 Å². The van der Waals surface area contributed by atoms with Gasteiger partial charge in [0, 0.05) is 65.9 Å². The average molecular weight is 443 g/mol. The van der Waals surface area contributed by atoms with Crippen molar-refractivity contribution in [3.05, 3.63) is 95.6 Å². The van der Waals surface area contributed by atoms with Crippen LogP contribution < -0.4 is 10.2 Å². The van der Waals surface area contributed by atoms with E-state index in [4.69, 9.17) is 11.6 Å². The molecule has 162 valence electrons. The predicted molar refractivity (Wildman–Crippen MR) is 135 cm³/mol. The van der Waals surface area contributed by atoms with Crippen LogP contribution in [0.25, 0.3) is 10.9 Å². The minimum absolute atomic E-state index is 0.394. The smallest absolute Gasteiger partial charge is 0.0737 e. The molecule has 0 spiro atoms. The van der Waals surface area contributed by atoms with Crippen LogP contribution in [0.1, 0.15) is 18.5 Å². The summed E-state index contributed by atoms with van der Waals surface area (Å²) < 4.78 is 0. The van der Waals surface area contributed by atoms with E-state index in [2.05, 4.69) is 81.6 Å². The third kappa shape index (κ3) is 4.43. The Bertz CT molecular complexity index is 1190. The molecule has 1 aromatic heterocycles. The summed E-state index contributed by atoms with van der Waals surface area (Å²) in [5.41, 5.74) is 5.65. The van der Waals surface area contributed by atoms with Crippen LogP contribution in [0.3, 0.4) is 0 Å². The lowest BCUT2D eigenvalue weighted by atomic mass is 10.1. The molecule has 1 saturated heterocycles. The Labute approximate surface area is 194 Å².